The van der Waals surface area contributed by atoms with Crippen LogP contribution in [0.15, 0.2) is 36.4 Å². The highest BCUT2D eigenvalue weighted by molar-refractivity contribution is 5.83. The summed E-state index contributed by atoms with van der Waals surface area (Å²) >= 11 is 0. The molecule has 0 bridgehead atoms. The Morgan fingerprint density at radius 2 is 1.47 bits per heavy atom. The Hall–Kier alpha value is -2.36. The third-order valence-electron chi connectivity index (χ3n) is 2.95. The molecule has 0 aromatic heterocycles. The Balaban J connectivity index is 2.70. The second-order valence-electron chi connectivity index (χ2n) is 3.97. The van der Waals surface area contributed by atoms with Crippen molar-refractivity contribution in [3.8, 4) is 28.4 Å². The molecule has 0 unspecified atom stereocenters. The molecule has 2 rings (SSSR count). The smallest absolute Gasteiger partial charge is 0.187 e. The second-order valence-corrected chi connectivity index (χ2v) is 3.97. The highest BCUT2D eigenvalue weighted by Gasteiger charge is 2.18. The van der Waals surface area contributed by atoms with Gasteiger partial charge >= 0.3 is 0 Å². The van der Waals surface area contributed by atoms with E-state index in [4.69, 9.17) is 19.9 Å². The van der Waals surface area contributed by atoms with E-state index in [2.05, 4.69) is 0 Å². The number of nitrogens with two attached hydrogens (primary N) is 1. The van der Waals surface area contributed by atoms with Gasteiger partial charge in [0, 0.05) is 5.56 Å². The zero-order valence-electron chi connectivity index (χ0n) is 11.3. The number of nitrogen functional groups attached to an aromatic ring is 1. The minimum Gasteiger partial charge on any atom is -0.494 e. The van der Waals surface area contributed by atoms with Crippen molar-refractivity contribution in [2.75, 3.05) is 27.1 Å². The van der Waals surface area contributed by atoms with Crippen molar-refractivity contribution in [3.05, 3.63) is 36.4 Å². The number of anilines is 1. The third kappa shape index (κ3) is 2.29. The quantitative estimate of drug-likeness (QED) is 0.858. The van der Waals surface area contributed by atoms with Crippen LogP contribution >= 0.6 is 0 Å². The summed E-state index contributed by atoms with van der Waals surface area (Å²) in [7, 11) is 4.72. The maximum Gasteiger partial charge on any atom is 0.187 e. The average molecular weight is 259 g/mol. The summed E-state index contributed by atoms with van der Waals surface area (Å²) in [5.41, 5.74) is 8.40. The second kappa shape index (κ2) is 5.52. The van der Waals surface area contributed by atoms with Crippen molar-refractivity contribution in [2.45, 2.75) is 0 Å². The molecule has 0 amide bonds. The van der Waals surface area contributed by atoms with Crippen LogP contribution in [0.3, 0.4) is 0 Å². The van der Waals surface area contributed by atoms with Gasteiger partial charge in [0.15, 0.2) is 17.2 Å². The lowest BCUT2D eigenvalue weighted by Crippen LogP contribution is -2.01. The van der Waals surface area contributed by atoms with Crippen LogP contribution in [0.5, 0.6) is 17.2 Å². The average Bonchev–Trinajstić information content (AvgIpc) is 2.47. The minimum atomic E-state index is 0.434. The van der Waals surface area contributed by atoms with Crippen LogP contribution in [0.25, 0.3) is 11.1 Å². The van der Waals surface area contributed by atoms with Gasteiger partial charge in [-0.3, -0.25) is 0 Å². The van der Waals surface area contributed by atoms with Crippen LogP contribution in [0.1, 0.15) is 0 Å². The molecule has 4 heteroatoms. The molecule has 0 aliphatic rings. The molecule has 0 saturated carbocycles. The number of methoxy groups -OCH3 is 3. The van der Waals surface area contributed by atoms with E-state index in [0.717, 1.165) is 11.1 Å². The number of hydrogen-bond donors (Lipinski definition) is 1. The summed E-state index contributed by atoms with van der Waals surface area (Å²) in [4.78, 5) is 0. The first-order valence-electron chi connectivity index (χ1n) is 5.86. The molecule has 19 heavy (non-hydrogen) atoms. The van der Waals surface area contributed by atoms with Crippen molar-refractivity contribution >= 4 is 5.69 Å². The summed E-state index contributed by atoms with van der Waals surface area (Å²) < 4.78 is 16.0. The summed E-state index contributed by atoms with van der Waals surface area (Å²) in [6.45, 7) is 0. The number of hydrogen-bond acceptors (Lipinski definition) is 4. The monoisotopic (exact) mass is 259 g/mol. The van der Waals surface area contributed by atoms with Gasteiger partial charge in [0.2, 0.25) is 0 Å². The van der Waals surface area contributed by atoms with E-state index >= 15 is 0 Å². The highest BCUT2D eigenvalue weighted by Crippen LogP contribution is 2.46. The van der Waals surface area contributed by atoms with Gasteiger partial charge < -0.3 is 19.9 Å². The van der Waals surface area contributed by atoms with Crippen LogP contribution in [0, 0.1) is 0 Å². The summed E-state index contributed by atoms with van der Waals surface area (Å²) in [6, 6.07) is 11.7. The number of benzene rings is 2. The molecular weight excluding hydrogens is 242 g/mol. The fourth-order valence-electron chi connectivity index (χ4n) is 2.06. The largest absolute Gasteiger partial charge is 0.494 e. The van der Waals surface area contributed by atoms with E-state index < -0.39 is 0 Å². The van der Waals surface area contributed by atoms with Gasteiger partial charge in [0.1, 0.15) is 5.69 Å². The van der Waals surface area contributed by atoms with Crippen LogP contribution < -0.4 is 19.9 Å². The molecule has 100 valence electrons. The number of ether oxygens (including phenoxy) is 3. The molecule has 0 aliphatic carbocycles. The zero-order chi connectivity index (χ0) is 13.8. The minimum absolute atomic E-state index is 0.434. The van der Waals surface area contributed by atoms with Gasteiger partial charge in [-0.1, -0.05) is 30.3 Å². The Bertz CT molecular complexity index is 567. The summed E-state index contributed by atoms with van der Waals surface area (Å²) in [6.07, 6.45) is 0. The Morgan fingerprint density at radius 3 is 2.00 bits per heavy atom. The SMILES string of the molecule is COc1cc(-c2ccccc2)c(OC)c(N)c1OC. The molecule has 0 spiro atoms. The van der Waals surface area contributed by atoms with Crippen LogP contribution in [-0.4, -0.2) is 21.3 Å². The lowest BCUT2D eigenvalue weighted by atomic mass is 10.0. The van der Waals surface area contributed by atoms with Gasteiger partial charge in [-0.2, -0.15) is 0 Å². The normalized spacial score (nSPS) is 10.1. The predicted molar refractivity (Wildman–Crippen MR) is 75.9 cm³/mol. The van der Waals surface area contributed by atoms with Gasteiger partial charge in [-0.15, -0.1) is 0 Å². The maximum absolute atomic E-state index is 6.09. The molecule has 0 saturated heterocycles. The van der Waals surface area contributed by atoms with Crippen molar-refractivity contribution in [1.29, 1.82) is 0 Å². The van der Waals surface area contributed by atoms with E-state index in [9.17, 15) is 0 Å². The molecule has 2 N–H and O–H groups in total. The molecule has 0 radical (unpaired) electrons. The Kier molecular flexibility index (Phi) is 3.80. The molecular formula is C15H17NO3. The molecule has 0 fully saturated rings. The topological polar surface area (TPSA) is 53.7 Å². The van der Waals surface area contributed by atoms with E-state index in [1.165, 1.54) is 0 Å². The standard InChI is InChI=1S/C15H17NO3/c1-17-12-9-11(10-7-5-4-6-8-10)14(18-2)13(16)15(12)19-3/h4-9H,16H2,1-3H3. The van der Waals surface area contributed by atoms with Crippen molar-refractivity contribution in [3.63, 3.8) is 0 Å². The lowest BCUT2D eigenvalue weighted by Gasteiger charge is -2.17. The van der Waals surface area contributed by atoms with Crippen LogP contribution in [0.2, 0.25) is 0 Å². The van der Waals surface area contributed by atoms with Crippen molar-refractivity contribution in [1.82, 2.24) is 0 Å². The molecule has 4 nitrogen and oxygen atoms in total. The molecule has 0 heterocycles. The maximum atomic E-state index is 6.09. The van der Waals surface area contributed by atoms with E-state index in [0.29, 0.717) is 22.9 Å². The molecule has 0 atom stereocenters. The van der Waals surface area contributed by atoms with Gasteiger partial charge in [-0.05, 0) is 11.6 Å². The van der Waals surface area contributed by atoms with E-state index in [1.54, 1.807) is 21.3 Å². The zero-order valence-corrected chi connectivity index (χ0v) is 11.3. The molecule has 2 aromatic rings. The predicted octanol–water partition coefficient (Wildman–Crippen LogP) is 2.96. The third-order valence-corrected chi connectivity index (χ3v) is 2.95. The first-order valence-corrected chi connectivity index (χ1v) is 5.86. The number of rotatable bonds is 4. The summed E-state index contributed by atoms with van der Waals surface area (Å²) in [5.74, 6) is 1.66. The summed E-state index contributed by atoms with van der Waals surface area (Å²) in [5, 5.41) is 0. The Labute approximate surface area is 112 Å². The van der Waals surface area contributed by atoms with Crippen molar-refractivity contribution < 1.29 is 14.2 Å². The van der Waals surface area contributed by atoms with Crippen molar-refractivity contribution in [2.24, 2.45) is 0 Å². The first-order chi connectivity index (χ1) is 9.22. The molecule has 0 aliphatic heterocycles. The van der Waals surface area contributed by atoms with E-state index in [1.807, 2.05) is 36.4 Å². The van der Waals surface area contributed by atoms with Crippen LogP contribution in [-0.2, 0) is 0 Å². The first kappa shape index (κ1) is 13.1. The van der Waals surface area contributed by atoms with Gasteiger partial charge in [-0.25, -0.2) is 0 Å². The lowest BCUT2D eigenvalue weighted by molar-refractivity contribution is 0.352. The fourth-order valence-corrected chi connectivity index (χ4v) is 2.06. The van der Waals surface area contributed by atoms with E-state index in [-0.39, 0.29) is 0 Å². The molecule has 2 aromatic carbocycles. The van der Waals surface area contributed by atoms with Crippen LogP contribution in [0.4, 0.5) is 5.69 Å². The van der Waals surface area contributed by atoms with Gasteiger partial charge in [0.25, 0.3) is 0 Å². The van der Waals surface area contributed by atoms with Gasteiger partial charge in [0.05, 0.1) is 21.3 Å². The highest BCUT2D eigenvalue weighted by atomic mass is 16.5. The Morgan fingerprint density at radius 1 is 0.842 bits per heavy atom. The fraction of sp³-hybridized carbons (Fsp3) is 0.200.